The zero-order valence-corrected chi connectivity index (χ0v) is 17.3. The van der Waals surface area contributed by atoms with Crippen molar-refractivity contribution in [2.75, 3.05) is 26.4 Å². The minimum atomic E-state index is -0.654. The van der Waals surface area contributed by atoms with Crippen LogP contribution in [0.4, 0.5) is 0 Å². The van der Waals surface area contributed by atoms with E-state index in [4.69, 9.17) is 18.9 Å². The summed E-state index contributed by atoms with van der Waals surface area (Å²) in [6.07, 6.45) is 1.19. The van der Waals surface area contributed by atoms with E-state index in [1.807, 2.05) is 0 Å². The molecule has 0 saturated heterocycles. The number of ether oxygens (including phenoxy) is 4. The molecule has 0 atom stereocenters. The fourth-order valence-corrected chi connectivity index (χ4v) is 2.42. The summed E-state index contributed by atoms with van der Waals surface area (Å²) in [5.41, 5.74) is 0.830. The van der Waals surface area contributed by atoms with Crippen LogP contribution in [-0.2, 0) is 33.3 Å². The molecule has 152 valence electrons. The minimum Gasteiger partial charge on any atom is -0.498 e. The van der Waals surface area contributed by atoms with Crippen molar-refractivity contribution in [1.82, 2.24) is 0 Å². The normalized spacial score (nSPS) is 13.2. The average molecular weight is 382 g/mol. The van der Waals surface area contributed by atoms with Gasteiger partial charge in [0, 0.05) is 6.08 Å². The van der Waals surface area contributed by atoms with Crippen molar-refractivity contribution >= 4 is 17.9 Å². The van der Waals surface area contributed by atoms with E-state index >= 15 is 0 Å². The van der Waals surface area contributed by atoms with E-state index in [0.29, 0.717) is 23.5 Å². The molecule has 0 aliphatic carbocycles. The van der Waals surface area contributed by atoms with E-state index < -0.39 is 17.9 Å². The molecular formula is C20H30O7. The molecule has 0 aromatic heterocycles. The van der Waals surface area contributed by atoms with Crippen molar-refractivity contribution in [2.45, 2.75) is 48.5 Å². The maximum atomic E-state index is 12.5. The molecule has 0 aliphatic rings. The first kappa shape index (κ1) is 24.4. The fraction of sp³-hybridized carbons (Fsp3) is 0.550. The molecule has 0 rings (SSSR count). The predicted octanol–water partition coefficient (Wildman–Crippen LogP) is 3.25. The van der Waals surface area contributed by atoms with Gasteiger partial charge in [-0.2, -0.15) is 0 Å². The van der Waals surface area contributed by atoms with Crippen LogP contribution < -0.4 is 0 Å². The summed E-state index contributed by atoms with van der Waals surface area (Å²) in [4.78, 5) is 36.8. The zero-order chi connectivity index (χ0) is 21.0. The Morgan fingerprint density at radius 1 is 0.667 bits per heavy atom. The van der Waals surface area contributed by atoms with E-state index in [9.17, 15) is 14.4 Å². The molecule has 0 bridgehead atoms. The van der Waals surface area contributed by atoms with Gasteiger partial charge in [-0.05, 0) is 59.6 Å². The Labute approximate surface area is 161 Å². The molecule has 0 aromatic carbocycles. The third-order valence-corrected chi connectivity index (χ3v) is 3.44. The molecular weight excluding hydrogens is 352 g/mol. The number of esters is 3. The molecule has 0 saturated carbocycles. The van der Waals surface area contributed by atoms with E-state index in [2.05, 4.69) is 0 Å². The lowest BCUT2D eigenvalue weighted by atomic mass is 9.95. The quantitative estimate of drug-likeness (QED) is 0.188. The van der Waals surface area contributed by atoms with Crippen LogP contribution in [0, 0.1) is 0 Å². The number of carbonyl (C=O) groups is 3. The zero-order valence-electron chi connectivity index (χ0n) is 17.3. The van der Waals surface area contributed by atoms with Gasteiger partial charge in [-0.1, -0.05) is 0 Å². The van der Waals surface area contributed by atoms with Gasteiger partial charge in [-0.15, -0.1) is 0 Å². The first-order valence-electron chi connectivity index (χ1n) is 8.99. The largest absolute Gasteiger partial charge is 0.498 e. The van der Waals surface area contributed by atoms with Crippen molar-refractivity contribution < 1.29 is 33.3 Å². The molecule has 0 amide bonds. The standard InChI is InChI=1S/C20H30O7/c1-8-24-15(7)18(20(23)27-11-4)14(6)17(19(22)26-10-3)13(5)12-16(21)25-9-2/h12H,8-11H2,1-7H3/b13-12-,17-14+,18-15+. The van der Waals surface area contributed by atoms with Crippen molar-refractivity contribution in [3.63, 3.8) is 0 Å². The van der Waals surface area contributed by atoms with Crippen molar-refractivity contribution in [3.05, 3.63) is 34.1 Å². The molecule has 0 unspecified atom stereocenters. The Morgan fingerprint density at radius 3 is 1.56 bits per heavy atom. The van der Waals surface area contributed by atoms with Gasteiger partial charge in [0.2, 0.25) is 0 Å². The molecule has 0 aromatic rings. The molecule has 0 N–H and O–H groups in total. The molecule has 7 nitrogen and oxygen atoms in total. The molecule has 27 heavy (non-hydrogen) atoms. The van der Waals surface area contributed by atoms with Crippen LogP contribution in [0.25, 0.3) is 0 Å². The predicted molar refractivity (Wildman–Crippen MR) is 101 cm³/mol. The van der Waals surface area contributed by atoms with Gasteiger partial charge in [0.25, 0.3) is 0 Å². The van der Waals surface area contributed by atoms with Crippen molar-refractivity contribution in [3.8, 4) is 0 Å². The first-order chi connectivity index (χ1) is 12.7. The van der Waals surface area contributed by atoms with E-state index in [1.165, 1.54) is 6.08 Å². The number of hydrogen-bond donors (Lipinski definition) is 0. The molecule has 7 heteroatoms. The average Bonchev–Trinajstić information content (AvgIpc) is 2.55. The molecule has 0 spiro atoms. The van der Waals surface area contributed by atoms with Gasteiger partial charge in [0.15, 0.2) is 0 Å². The third-order valence-electron chi connectivity index (χ3n) is 3.44. The molecule has 0 heterocycles. The Kier molecular flexibility index (Phi) is 11.5. The maximum absolute atomic E-state index is 12.5. The SMILES string of the molecule is CCOC(=O)\C=C(C)/C(C(=O)OCC)=C(C)\C(C(=O)OCC)=C(\C)OCC. The second-order valence-electron chi connectivity index (χ2n) is 5.38. The van der Waals surface area contributed by atoms with E-state index in [-0.39, 0.29) is 31.0 Å². The van der Waals surface area contributed by atoms with E-state index in [0.717, 1.165) is 0 Å². The summed E-state index contributed by atoms with van der Waals surface area (Å²) in [7, 11) is 0. The third kappa shape index (κ3) is 7.68. The van der Waals surface area contributed by atoms with Gasteiger partial charge in [0.05, 0.1) is 32.0 Å². The fourth-order valence-electron chi connectivity index (χ4n) is 2.42. The number of rotatable bonds is 10. The number of hydrogen-bond acceptors (Lipinski definition) is 7. The topological polar surface area (TPSA) is 88.1 Å². The Balaban J connectivity index is 6.52. The van der Waals surface area contributed by atoms with E-state index in [1.54, 1.807) is 48.5 Å². The van der Waals surface area contributed by atoms with Gasteiger partial charge >= 0.3 is 17.9 Å². The summed E-state index contributed by atoms with van der Waals surface area (Å²) < 4.78 is 20.6. The van der Waals surface area contributed by atoms with Crippen LogP contribution in [0.1, 0.15) is 48.5 Å². The minimum absolute atomic E-state index is 0.0898. The van der Waals surface area contributed by atoms with Gasteiger partial charge in [-0.25, -0.2) is 14.4 Å². The summed E-state index contributed by atoms with van der Waals surface area (Å²) in [6.45, 7) is 12.5. The molecule has 0 radical (unpaired) electrons. The number of carbonyl (C=O) groups excluding carboxylic acids is 3. The highest BCUT2D eigenvalue weighted by molar-refractivity contribution is 6.02. The Morgan fingerprint density at radius 2 is 1.11 bits per heavy atom. The van der Waals surface area contributed by atoms with Crippen LogP contribution >= 0.6 is 0 Å². The molecule has 0 fully saturated rings. The second-order valence-corrected chi connectivity index (χ2v) is 5.38. The van der Waals surface area contributed by atoms with Crippen LogP contribution in [0.5, 0.6) is 0 Å². The lowest BCUT2D eigenvalue weighted by molar-refractivity contribution is -0.138. The summed E-state index contributed by atoms with van der Waals surface area (Å²) in [5.74, 6) is -1.54. The number of allylic oxidation sites excluding steroid dienone is 1. The lowest BCUT2D eigenvalue weighted by Gasteiger charge is -2.16. The second kappa shape index (κ2) is 12.7. The lowest BCUT2D eigenvalue weighted by Crippen LogP contribution is -2.18. The van der Waals surface area contributed by atoms with Crippen LogP contribution in [-0.4, -0.2) is 44.3 Å². The highest BCUT2D eigenvalue weighted by atomic mass is 16.5. The van der Waals surface area contributed by atoms with Crippen molar-refractivity contribution in [1.29, 1.82) is 0 Å². The maximum Gasteiger partial charge on any atom is 0.341 e. The van der Waals surface area contributed by atoms with Crippen LogP contribution in [0.3, 0.4) is 0 Å². The van der Waals surface area contributed by atoms with Gasteiger partial charge < -0.3 is 18.9 Å². The highest BCUT2D eigenvalue weighted by Gasteiger charge is 2.25. The van der Waals surface area contributed by atoms with Crippen molar-refractivity contribution in [2.24, 2.45) is 0 Å². The summed E-state index contributed by atoms with van der Waals surface area (Å²) >= 11 is 0. The first-order valence-corrected chi connectivity index (χ1v) is 8.99. The monoisotopic (exact) mass is 382 g/mol. The smallest absolute Gasteiger partial charge is 0.341 e. The molecule has 0 aliphatic heterocycles. The van der Waals surface area contributed by atoms with Gasteiger partial charge in [-0.3, -0.25) is 0 Å². The summed E-state index contributed by atoms with van der Waals surface area (Å²) in [5, 5.41) is 0. The Bertz CT molecular complexity index is 639. The summed E-state index contributed by atoms with van der Waals surface area (Å²) in [6, 6.07) is 0. The van der Waals surface area contributed by atoms with Crippen LogP contribution in [0.15, 0.2) is 34.1 Å². The van der Waals surface area contributed by atoms with Gasteiger partial charge in [0.1, 0.15) is 11.3 Å². The highest BCUT2D eigenvalue weighted by Crippen LogP contribution is 2.26. The van der Waals surface area contributed by atoms with Crippen LogP contribution in [0.2, 0.25) is 0 Å². The Hall–Kier alpha value is -2.57.